The summed E-state index contributed by atoms with van der Waals surface area (Å²) in [7, 11) is -4.16. The molecule has 1 atom stereocenters. The molecule has 208 valence electrons. The van der Waals surface area contributed by atoms with Crippen LogP contribution in [0.15, 0.2) is 0 Å². The van der Waals surface area contributed by atoms with Crippen LogP contribution in [0.4, 0.5) is 4.79 Å². The maximum atomic E-state index is 13.5. The molecule has 0 aromatic heterocycles. The Morgan fingerprint density at radius 2 is 1.14 bits per heavy atom. The number of hydrogen-bond acceptors (Lipinski definition) is 4. The topological polar surface area (TPSA) is 115 Å². The Balaban J connectivity index is 4.39. The maximum absolute atomic E-state index is 13.5. The predicted octanol–water partition coefficient (Wildman–Crippen LogP) is 6.99. The number of urea groups is 1. The number of unbranched alkanes of at least 4 members (excludes halogenated alkanes) is 13. The van der Waals surface area contributed by atoms with E-state index >= 15 is 0 Å². The molecule has 0 bridgehead atoms. The summed E-state index contributed by atoms with van der Waals surface area (Å²) in [5, 5.41) is 0. The first-order chi connectivity index (χ1) is 16.4. The molecule has 0 heterocycles. The quantitative estimate of drug-likeness (QED) is 0.0908. The monoisotopic (exact) mass is 519 g/mol. The number of amides is 3. The highest BCUT2D eigenvalue weighted by molar-refractivity contribution is 7.85. The lowest BCUT2D eigenvalue weighted by molar-refractivity contribution is -0.776. The van der Waals surface area contributed by atoms with Gasteiger partial charge in [0, 0.05) is 6.42 Å². The fourth-order valence-corrected chi connectivity index (χ4v) is 5.48. The van der Waals surface area contributed by atoms with E-state index < -0.39 is 31.8 Å². The lowest BCUT2D eigenvalue weighted by atomic mass is 9.84. The van der Waals surface area contributed by atoms with Crippen LogP contribution in [-0.2, 0) is 14.9 Å². The lowest BCUT2D eigenvalue weighted by Gasteiger charge is -2.37. The Bertz CT molecular complexity index is 694. The summed E-state index contributed by atoms with van der Waals surface area (Å²) in [5.74, 6) is -0.742. The van der Waals surface area contributed by atoms with Crippen molar-refractivity contribution in [3.05, 3.63) is 0 Å². The zero-order chi connectivity index (χ0) is 26.8. The van der Waals surface area contributed by atoms with Crippen LogP contribution in [0.5, 0.6) is 0 Å². The Morgan fingerprint density at radius 3 is 1.51 bits per heavy atom. The van der Waals surface area contributed by atoms with Gasteiger partial charge < -0.3 is 5.73 Å². The van der Waals surface area contributed by atoms with E-state index in [-0.39, 0.29) is 25.4 Å². The van der Waals surface area contributed by atoms with Crippen LogP contribution in [-0.4, -0.2) is 48.2 Å². The summed E-state index contributed by atoms with van der Waals surface area (Å²) < 4.78 is 30.7. The van der Waals surface area contributed by atoms with Crippen LogP contribution in [0.25, 0.3) is 0 Å². The SMILES string of the molecule is CCCCCCCCCCCCCCCCC(C)(C)C(=O)[N+](CCC)(CCCS(=O)(=O)O)C(N)=O. The normalized spacial score (nSPS) is 14.1. The lowest BCUT2D eigenvalue weighted by Crippen LogP contribution is -2.64. The number of hydrogen-bond donors (Lipinski definition) is 2. The van der Waals surface area contributed by atoms with Gasteiger partial charge in [0.1, 0.15) is 0 Å². The molecule has 1 unspecified atom stereocenters. The number of nitrogens with zero attached hydrogens (tertiary/aromatic N) is 1. The van der Waals surface area contributed by atoms with Gasteiger partial charge in [0.05, 0.1) is 24.3 Å². The van der Waals surface area contributed by atoms with Crippen LogP contribution < -0.4 is 5.73 Å². The van der Waals surface area contributed by atoms with Crippen LogP contribution in [0.1, 0.15) is 137 Å². The summed E-state index contributed by atoms with van der Waals surface area (Å²) in [6.07, 6.45) is 19.0. The molecule has 0 spiro atoms. The molecule has 8 heteroatoms. The van der Waals surface area contributed by atoms with E-state index in [1.807, 2.05) is 20.8 Å². The molecular formula is C27H55N2O5S+. The second-order valence-electron chi connectivity index (χ2n) is 10.9. The molecule has 35 heavy (non-hydrogen) atoms. The fraction of sp³-hybridized carbons (Fsp3) is 0.926. The fourth-order valence-electron chi connectivity index (χ4n) is 4.98. The molecule has 0 aliphatic carbocycles. The molecule has 7 nitrogen and oxygen atoms in total. The van der Waals surface area contributed by atoms with E-state index in [2.05, 4.69) is 6.92 Å². The minimum absolute atomic E-state index is 0.00243. The van der Waals surface area contributed by atoms with Gasteiger partial charge in [-0.15, -0.1) is 0 Å². The average Bonchev–Trinajstić information content (AvgIpc) is 2.77. The second-order valence-corrected chi connectivity index (χ2v) is 12.5. The smallest absolute Gasteiger partial charge is 0.318 e. The first-order valence-electron chi connectivity index (χ1n) is 14.1. The van der Waals surface area contributed by atoms with E-state index in [1.54, 1.807) is 0 Å². The van der Waals surface area contributed by atoms with Gasteiger partial charge in [-0.3, -0.25) is 4.55 Å². The molecule has 3 N–H and O–H groups in total. The Hall–Kier alpha value is -0.990. The van der Waals surface area contributed by atoms with Crippen molar-refractivity contribution in [2.24, 2.45) is 11.1 Å². The number of primary amides is 1. The van der Waals surface area contributed by atoms with Crippen LogP contribution in [0, 0.1) is 5.41 Å². The van der Waals surface area contributed by atoms with E-state index in [1.165, 1.54) is 70.6 Å². The molecule has 0 radical (unpaired) electrons. The largest absolute Gasteiger partial charge is 0.421 e. The van der Waals surface area contributed by atoms with Gasteiger partial charge in [0.25, 0.3) is 10.1 Å². The molecule has 0 saturated heterocycles. The second kappa shape index (κ2) is 18.3. The van der Waals surface area contributed by atoms with Gasteiger partial charge in [-0.2, -0.15) is 12.9 Å². The summed E-state index contributed by atoms with van der Waals surface area (Å²) in [6.45, 7) is 8.05. The van der Waals surface area contributed by atoms with Crippen molar-refractivity contribution < 1.29 is 27.0 Å². The highest BCUT2D eigenvalue weighted by Crippen LogP contribution is 2.31. The third kappa shape index (κ3) is 15.0. The van der Waals surface area contributed by atoms with Gasteiger partial charge in [-0.1, -0.05) is 104 Å². The van der Waals surface area contributed by atoms with Crippen molar-refractivity contribution in [2.75, 3.05) is 18.8 Å². The van der Waals surface area contributed by atoms with Gasteiger partial charge >= 0.3 is 11.9 Å². The number of carbonyl (C=O) groups excluding carboxylic acids is 2. The van der Waals surface area contributed by atoms with Gasteiger partial charge in [-0.25, -0.2) is 9.59 Å². The van der Waals surface area contributed by atoms with Gasteiger partial charge in [0.2, 0.25) is 0 Å². The van der Waals surface area contributed by atoms with E-state index in [4.69, 9.17) is 10.3 Å². The number of nitrogens with two attached hydrogens (primary N) is 1. The molecule has 0 aromatic carbocycles. The van der Waals surface area contributed by atoms with E-state index in [9.17, 15) is 18.0 Å². The first kappa shape index (κ1) is 34.0. The standard InChI is InChI=1S/C27H54N2O5S/c1-5-7-8-9-10-11-12-13-14-15-16-17-18-19-21-27(3,4)25(30)29(22-6-2,26(28)31)23-20-24-35(32,33)34/h5-24H2,1-4H3,(H2-,28,31,32,33,34)/p+1. The zero-order valence-corrected chi connectivity index (χ0v) is 24.0. The molecule has 0 aliphatic rings. The van der Waals surface area contributed by atoms with Gasteiger partial charge in [0.15, 0.2) is 0 Å². The summed E-state index contributed by atoms with van der Waals surface area (Å²) in [5.41, 5.74) is 4.95. The first-order valence-corrected chi connectivity index (χ1v) is 15.7. The summed E-state index contributed by atoms with van der Waals surface area (Å²) in [4.78, 5) is 25.9. The van der Waals surface area contributed by atoms with Crippen LogP contribution in [0.3, 0.4) is 0 Å². The minimum Gasteiger partial charge on any atom is -0.318 e. The van der Waals surface area contributed by atoms with Crippen molar-refractivity contribution in [3.8, 4) is 0 Å². The summed E-state index contributed by atoms with van der Waals surface area (Å²) in [6, 6.07) is -0.749. The highest BCUT2D eigenvalue weighted by atomic mass is 32.2. The van der Waals surface area contributed by atoms with E-state index in [0.29, 0.717) is 12.8 Å². The van der Waals surface area contributed by atoms with Crippen LogP contribution >= 0.6 is 0 Å². The molecule has 0 fully saturated rings. The molecular weight excluding hydrogens is 464 g/mol. The number of quaternary nitrogens is 1. The highest BCUT2D eigenvalue weighted by Gasteiger charge is 2.49. The third-order valence-electron chi connectivity index (χ3n) is 7.09. The minimum atomic E-state index is -4.16. The predicted molar refractivity (Wildman–Crippen MR) is 145 cm³/mol. The average molecular weight is 520 g/mol. The number of rotatable bonds is 22. The van der Waals surface area contributed by atoms with Crippen molar-refractivity contribution >= 4 is 22.1 Å². The molecule has 0 aliphatic heterocycles. The Morgan fingerprint density at radius 1 is 0.714 bits per heavy atom. The van der Waals surface area contributed by atoms with Crippen molar-refractivity contribution in [2.45, 2.75) is 137 Å². The zero-order valence-electron chi connectivity index (χ0n) is 23.2. The van der Waals surface area contributed by atoms with E-state index in [0.717, 1.165) is 19.3 Å². The molecule has 3 amide bonds. The molecule has 0 rings (SSSR count). The Labute approximate surface area is 215 Å². The van der Waals surface area contributed by atoms with Crippen molar-refractivity contribution in [1.82, 2.24) is 0 Å². The van der Waals surface area contributed by atoms with Crippen molar-refractivity contribution in [1.29, 1.82) is 0 Å². The third-order valence-corrected chi connectivity index (χ3v) is 7.90. The molecule has 0 aromatic rings. The maximum Gasteiger partial charge on any atom is 0.421 e. The summed E-state index contributed by atoms with van der Waals surface area (Å²) >= 11 is 0. The van der Waals surface area contributed by atoms with Crippen molar-refractivity contribution in [3.63, 3.8) is 0 Å². The van der Waals surface area contributed by atoms with Gasteiger partial charge in [-0.05, 0) is 26.7 Å². The Kier molecular flexibility index (Phi) is 17.8. The number of imide groups is 1. The van der Waals surface area contributed by atoms with Crippen LogP contribution in [0.2, 0.25) is 0 Å². The molecule has 0 saturated carbocycles. The number of carbonyl (C=O) groups is 2.